The summed E-state index contributed by atoms with van der Waals surface area (Å²) >= 11 is 6.00. The van der Waals surface area contributed by atoms with E-state index in [2.05, 4.69) is 5.16 Å². The second kappa shape index (κ2) is 6.08. The maximum Gasteiger partial charge on any atom is 0.227 e. The molecule has 6 heteroatoms. The van der Waals surface area contributed by atoms with Crippen molar-refractivity contribution in [3.05, 3.63) is 52.1 Å². The minimum Gasteiger partial charge on any atom is -0.361 e. The number of hydrogen-bond acceptors (Lipinski definition) is 3. The molecule has 1 amide bonds. The largest absolute Gasteiger partial charge is 0.361 e. The maximum atomic E-state index is 13.1. The molecule has 0 spiro atoms. The summed E-state index contributed by atoms with van der Waals surface area (Å²) in [4.78, 5) is 14.4. The minimum atomic E-state index is -0.404. The predicted molar refractivity (Wildman–Crippen MR) is 80.0 cm³/mol. The lowest BCUT2D eigenvalue weighted by atomic mass is 10.1. The highest BCUT2D eigenvalue weighted by molar-refractivity contribution is 6.31. The van der Waals surface area contributed by atoms with Crippen molar-refractivity contribution in [2.24, 2.45) is 0 Å². The molecule has 1 fully saturated rings. The van der Waals surface area contributed by atoms with Gasteiger partial charge >= 0.3 is 0 Å². The zero-order valence-corrected chi connectivity index (χ0v) is 12.9. The molecule has 0 radical (unpaired) electrons. The van der Waals surface area contributed by atoms with E-state index in [0.717, 1.165) is 24.3 Å². The highest BCUT2D eigenvalue weighted by Crippen LogP contribution is 2.32. The molecule has 2 heterocycles. The lowest BCUT2D eigenvalue weighted by molar-refractivity contribution is -0.131. The van der Waals surface area contributed by atoms with Gasteiger partial charge in [-0.15, -0.1) is 0 Å². The minimum absolute atomic E-state index is 0.0309. The van der Waals surface area contributed by atoms with Gasteiger partial charge in [-0.2, -0.15) is 0 Å². The first-order chi connectivity index (χ1) is 10.5. The van der Waals surface area contributed by atoms with Crippen molar-refractivity contribution in [3.63, 3.8) is 0 Å². The Balaban J connectivity index is 1.76. The van der Waals surface area contributed by atoms with E-state index in [1.54, 1.807) is 11.0 Å². The molecule has 1 aromatic carbocycles. The van der Waals surface area contributed by atoms with Gasteiger partial charge in [0.05, 0.1) is 12.5 Å². The summed E-state index contributed by atoms with van der Waals surface area (Å²) in [7, 11) is 0. The average molecular weight is 323 g/mol. The Morgan fingerprint density at radius 1 is 1.50 bits per heavy atom. The van der Waals surface area contributed by atoms with E-state index in [-0.39, 0.29) is 23.4 Å². The van der Waals surface area contributed by atoms with Gasteiger partial charge in [0.25, 0.3) is 0 Å². The number of halogens is 2. The van der Waals surface area contributed by atoms with E-state index in [1.165, 1.54) is 12.1 Å². The van der Waals surface area contributed by atoms with Crippen molar-refractivity contribution in [1.29, 1.82) is 0 Å². The summed E-state index contributed by atoms with van der Waals surface area (Å²) in [6.07, 6.45) is 1.96. The fourth-order valence-corrected chi connectivity index (χ4v) is 3.08. The molecular weight excluding hydrogens is 307 g/mol. The van der Waals surface area contributed by atoms with Crippen LogP contribution in [-0.2, 0) is 11.2 Å². The topological polar surface area (TPSA) is 46.3 Å². The zero-order chi connectivity index (χ0) is 15.7. The molecular formula is C16H16ClFN2O2. The summed E-state index contributed by atoms with van der Waals surface area (Å²) in [5.41, 5.74) is 1.42. The Kier molecular flexibility index (Phi) is 4.16. The summed E-state index contributed by atoms with van der Waals surface area (Å²) < 4.78 is 18.2. The fraction of sp³-hybridized carbons (Fsp3) is 0.375. The van der Waals surface area contributed by atoms with Crippen LogP contribution >= 0.6 is 11.6 Å². The number of aromatic nitrogens is 1. The van der Waals surface area contributed by atoms with Crippen LogP contribution in [-0.4, -0.2) is 22.5 Å². The highest BCUT2D eigenvalue weighted by atomic mass is 35.5. The van der Waals surface area contributed by atoms with Gasteiger partial charge in [-0.25, -0.2) is 4.39 Å². The van der Waals surface area contributed by atoms with Crippen molar-refractivity contribution in [2.45, 2.75) is 32.2 Å². The molecule has 1 aliphatic rings. The van der Waals surface area contributed by atoms with E-state index in [0.29, 0.717) is 12.1 Å². The number of benzene rings is 1. The SMILES string of the molecule is Cc1cc([C@H]2CCCN2C(=O)Cc2ccc(F)cc2Cl)no1. The number of rotatable bonds is 3. The van der Waals surface area contributed by atoms with Crippen LogP contribution in [0.25, 0.3) is 0 Å². The van der Waals surface area contributed by atoms with E-state index < -0.39 is 5.82 Å². The molecule has 0 N–H and O–H groups in total. The molecule has 1 saturated heterocycles. The van der Waals surface area contributed by atoms with Crippen LogP contribution in [0, 0.1) is 12.7 Å². The van der Waals surface area contributed by atoms with Crippen LogP contribution in [0.5, 0.6) is 0 Å². The van der Waals surface area contributed by atoms with E-state index in [9.17, 15) is 9.18 Å². The van der Waals surface area contributed by atoms with Gasteiger partial charge in [0.1, 0.15) is 17.3 Å². The van der Waals surface area contributed by atoms with Gasteiger partial charge in [0, 0.05) is 17.6 Å². The fourth-order valence-electron chi connectivity index (χ4n) is 2.84. The molecule has 0 aliphatic carbocycles. The van der Waals surface area contributed by atoms with Gasteiger partial charge in [0.15, 0.2) is 0 Å². The third-order valence-corrected chi connectivity index (χ3v) is 4.27. The predicted octanol–water partition coefficient (Wildman–Crippen LogP) is 3.68. The molecule has 0 bridgehead atoms. The highest BCUT2D eigenvalue weighted by Gasteiger charge is 2.32. The standard InChI is InChI=1S/C16H16ClFN2O2/c1-10-7-14(19-22-10)15-3-2-6-20(15)16(21)8-11-4-5-12(18)9-13(11)17/h4-5,7,9,15H,2-3,6,8H2,1H3/t15-/m1/s1. The van der Waals surface area contributed by atoms with Gasteiger partial charge in [0.2, 0.25) is 5.91 Å². The third kappa shape index (κ3) is 2.99. The van der Waals surface area contributed by atoms with Crippen molar-refractivity contribution in [2.75, 3.05) is 6.54 Å². The molecule has 116 valence electrons. The molecule has 2 aromatic rings. The summed E-state index contributed by atoms with van der Waals surface area (Å²) in [6, 6.07) is 5.91. The first kappa shape index (κ1) is 15.0. The van der Waals surface area contributed by atoms with Crippen LogP contribution in [0.15, 0.2) is 28.8 Å². The number of aryl methyl sites for hydroxylation is 1. The van der Waals surface area contributed by atoms with Crippen LogP contribution in [0.4, 0.5) is 4.39 Å². The van der Waals surface area contributed by atoms with E-state index in [1.807, 2.05) is 13.0 Å². The Morgan fingerprint density at radius 3 is 3.00 bits per heavy atom. The van der Waals surface area contributed by atoms with Crippen LogP contribution in [0.2, 0.25) is 5.02 Å². The second-order valence-corrected chi connectivity index (χ2v) is 5.93. The van der Waals surface area contributed by atoms with Crippen LogP contribution < -0.4 is 0 Å². The number of likely N-dealkylation sites (tertiary alicyclic amines) is 1. The average Bonchev–Trinajstić information content (AvgIpc) is 3.10. The summed E-state index contributed by atoms with van der Waals surface area (Å²) in [5, 5.41) is 4.30. The van der Waals surface area contributed by atoms with Gasteiger partial charge in [-0.1, -0.05) is 22.8 Å². The molecule has 0 unspecified atom stereocenters. The monoisotopic (exact) mass is 322 g/mol. The number of hydrogen-bond donors (Lipinski definition) is 0. The Hall–Kier alpha value is -1.88. The van der Waals surface area contributed by atoms with Gasteiger partial charge < -0.3 is 9.42 Å². The second-order valence-electron chi connectivity index (χ2n) is 5.52. The van der Waals surface area contributed by atoms with Crippen LogP contribution in [0.3, 0.4) is 0 Å². The molecule has 0 saturated carbocycles. The van der Waals surface area contributed by atoms with Crippen LogP contribution in [0.1, 0.15) is 35.9 Å². The summed E-state index contributed by atoms with van der Waals surface area (Å²) in [5.74, 6) is 0.297. The van der Waals surface area contributed by atoms with Gasteiger partial charge in [-0.05, 0) is 37.5 Å². The Labute approximate surface area is 132 Å². The Morgan fingerprint density at radius 2 is 2.32 bits per heavy atom. The zero-order valence-electron chi connectivity index (χ0n) is 12.2. The first-order valence-corrected chi connectivity index (χ1v) is 7.59. The lowest BCUT2D eigenvalue weighted by Gasteiger charge is -2.23. The number of carbonyl (C=O) groups excluding carboxylic acids is 1. The van der Waals surface area contributed by atoms with Crippen molar-refractivity contribution >= 4 is 17.5 Å². The molecule has 1 atom stereocenters. The third-order valence-electron chi connectivity index (χ3n) is 3.92. The molecule has 22 heavy (non-hydrogen) atoms. The number of amides is 1. The Bertz CT molecular complexity index is 701. The quantitative estimate of drug-likeness (QED) is 0.866. The van der Waals surface area contributed by atoms with Gasteiger partial charge in [-0.3, -0.25) is 4.79 Å². The normalized spacial score (nSPS) is 18.0. The maximum absolute atomic E-state index is 13.1. The van der Waals surface area contributed by atoms with Crippen molar-refractivity contribution in [3.8, 4) is 0 Å². The molecule has 1 aromatic heterocycles. The van der Waals surface area contributed by atoms with Crippen molar-refractivity contribution in [1.82, 2.24) is 10.1 Å². The van der Waals surface area contributed by atoms with E-state index >= 15 is 0 Å². The molecule has 1 aliphatic heterocycles. The smallest absolute Gasteiger partial charge is 0.227 e. The van der Waals surface area contributed by atoms with Crippen molar-refractivity contribution < 1.29 is 13.7 Å². The number of carbonyl (C=O) groups is 1. The molecule has 3 rings (SSSR count). The summed E-state index contributed by atoms with van der Waals surface area (Å²) in [6.45, 7) is 2.52. The lowest BCUT2D eigenvalue weighted by Crippen LogP contribution is -2.32. The number of nitrogens with zero attached hydrogens (tertiary/aromatic N) is 2. The molecule has 4 nitrogen and oxygen atoms in total. The van der Waals surface area contributed by atoms with E-state index in [4.69, 9.17) is 16.1 Å². The first-order valence-electron chi connectivity index (χ1n) is 7.21.